The number of halogens is 1. The predicted molar refractivity (Wildman–Crippen MR) is 64.0 cm³/mol. The highest BCUT2D eigenvalue weighted by Crippen LogP contribution is 2.15. The lowest BCUT2D eigenvalue weighted by Gasteiger charge is -1.94. The molecule has 0 saturated carbocycles. The van der Waals surface area contributed by atoms with Crippen LogP contribution in [-0.2, 0) is 0 Å². The predicted octanol–water partition coefficient (Wildman–Crippen LogP) is 2.62. The molecule has 3 nitrogen and oxygen atoms in total. The van der Waals surface area contributed by atoms with E-state index in [9.17, 15) is 0 Å². The maximum atomic E-state index is 5.66. The molecule has 0 saturated heterocycles. The number of nitrogens with two attached hydrogens (primary N) is 1. The smallest absolute Gasteiger partial charge is 0.137 e. The van der Waals surface area contributed by atoms with Crippen LogP contribution < -0.4 is 5.73 Å². The second-order valence-electron chi connectivity index (χ2n) is 3.55. The van der Waals surface area contributed by atoms with Crippen LogP contribution in [0.2, 0.25) is 0 Å². The van der Waals surface area contributed by atoms with Crippen LogP contribution in [0.25, 0.3) is 5.65 Å². The molecule has 2 heterocycles. The van der Waals surface area contributed by atoms with E-state index in [0.29, 0.717) is 5.92 Å². The van der Waals surface area contributed by atoms with E-state index >= 15 is 0 Å². The number of pyridine rings is 1. The van der Waals surface area contributed by atoms with Crippen molar-refractivity contribution in [1.29, 1.82) is 0 Å². The highest BCUT2D eigenvalue weighted by Gasteiger charge is 2.04. The summed E-state index contributed by atoms with van der Waals surface area (Å²) in [7, 11) is 0. The fraction of sp³-hybridized carbons (Fsp3) is 0.300. The molecule has 0 aliphatic heterocycles. The van der Waals surface area contributed by atoms with Gasteiger partial charge < -0.3 is 10.1 Å². The van der Waals surface area contributed by atoms with Crippen molar-refractivity contribution in [3.05, 3.63) is 30.2 Å². The molecule has 0 spiro atoms. The van der Waals surface area contributed by atoms with Gasteiger partial charge in [0.2, 0.25) is 0 Å². The summed E-state index contributed by atoms with van der Waals surface area (Å²) in [5.74, 6) is 0.459. The number of rotatable bonds is 1. The Morgan fingerprint density at radius 3 is 2.64 bits per heavy atom. The van der Waals surface area contributed by atoms with Crippen molar-refractivity contribution in [2.45, 2.75) is 19.8 Å². The molecule has 4 heteroatoms. The topological polar surface area (TPSA) is 43.3 Å². The Bertz CT molecular complexity index is 434. The molecule has 0 aliphatic rings. The Labute approximate surface area is 93.7 Å². The normalized spacial score (nSPS) is 10.5. The summed E-state index contributed by atoms with van der Waals surface area (Å²) >= 11 is 0. The van der Waals surface area contributed by atoms with Gasteiger partial charge in [-0.05, 0) is 18.1 Å². The molecule has 2 aromatic rings. The molecule has 2 rings (SSSR count). The average Bonchev–Trinajstić information content (AvgIpc) is 2.46. The molecule has 0 unspecified atom stereocenters. The van der Waals surface area contributed by atoms with Gasteiger partial charge in [0, 0.05) is 18.1 Å². The van der Waals surface area contributed by atoms with Crippen molar-refractivity contribution >= 4 is 28.3 Å². The first-order valence-corrected chi connectivity index (χ1v) is 4.41. The van der Waals surface area contributed by atoms with Crippen molar-refractivity contribution < 1.29 is 0 Å². The molecule has 0 amide bonds. The van der Waals surface area contributed by atoms with Crippen LogP contribution in [0.5, 0.6) is 0 Å². The molecule has 0 atom stereocenters. The molecule has 2 aromatic heterocycles. The Hall–Kier alpha value is -1.03. The Morgan fingerprint density at radius 2 is 2.00 bits per heavy atom. The van der Waals surface area contributed by atoms with Crippen LogP contribution >= 0.6 is 17.0 Å². The van der Waals surface area contributed by atoms with Gasteiger partial charge in [-0.1, -0.05) is 13.8 Å². The van der Waals surface area contributed by atoms with E-state index in [-0.39, 0.29) is 17.0 Å². The first-order chi connectivity index (χ1) is 6.16. The van der Waals surface area contributed by atoms with Gasteiger partial charge >= 0.3 is 0 Å². The first kappa shape index (κ1) is 11.0. The molecule has 14 heavy (non-hydrogen) atoms. The van der Waals surface area contributed by atoms with E-state index in [1.165, 1.54) is 0 Å². The molecular weight excluding hydrogens is 242 g/mol. The van der Waals surface area contributed by atoms with Crippen LogP contribution in [0, 0.1) is 0 Å². The highest BCUT2D eigenvalue weighted by atomic mass is 79.9. The maximum absolute atomic E-state index is 5.66. The quantitative estimate of drug-likeness (QED) is 0.852. The second-order valence-corrected chi connectivity index (χ2v) is 3.55. The molecule has 0 aromatic carbocycles. The fourth-order valence-corrected chi connectivity index (χ4v) is 1.31. The summed E-state index contributed by atoms with van der Waals surface area (Å²) < 4.78 is 1.96. The standard InChI is InChI=1S/C10H13N3.BrH/c1-7(2)9-6-13-5-8(11)3-4-10(13)12-9;/h3-7H,11H2,1-2H3;1H. The van der Waals surface area contributed by atoms with Crippen LogP contribution in [0.1, 0.15) is 25.5 Å². The van der Waals surface area contributed by atoms with E-state index in [2.05, 4.69) is 18.8 Å². The lowest BCUT2D eigenvalue weighted by molar-refractivity contribution is 0.834. The Kier molecular flexibility index (Phi) is 3.16. The number of hydrogen-bond acceptors (Lipinski definition) is 2. The number of nitrogen functional groups attached to an aromatic ring is 1. The average molecular weight is 256 g/mol. The van der Waals surface area contributed by atoms with Crippen molar-refractivity contribution in [3.8, 4) is 0 Å². The number of anilines is 1. The first-order valence-electron chi connectivity index (χ1n) is 4.41. The summed E-state index contributed by atoms with van der Waals surface area (Å²) in [5, 5.41) is 0. The Balaban J connectivity index is 0.000000980. The monoisotopic (exact) mass is 255 g/mol. The molecule has 0 bridgehead atoms. The van der Waals surface area contributed by atoms with Crippen LogP contribution in [0.4, 0.5) is 5.69 Å². The van der Waals surface area contributed by atoms with E-state index < -0.39 is 0 Å². The SMILES string of the molecule is Br.CC(C)c1cn2cc(N)ccc2n1. The third-order valence-corrected chi connectivity index (χ3v) is 2.08. The van der Waals surface area contributed by atoms with E-state index in [1.54, 1.807) is 0 Å². The van der Waals surface area contributed by atoms with Gasteiger partial charge in [0.05, 0.1) is 5.69 Å². The number of hydrogen-bond donors (Lipinski definition) is 1. The van der Waals surface area contributed by atoms with Gasteiger partial charge in [-0.25, -0.2) is 4.98 Å². The van der Waals surface area contributed by atoms with E-state index in [1.807, 2.05) is 28.9 Å². The summed E-state index contributed by atoms with van der Waals surface area (Å²) in [5.41, 5.74) is 8.48. The van der Waals surface area contributed by atoms with Crippen molar-refractivity contribution in [3.63, 3.8) is 0 Å². The van der Waals surface area contributed by atoms with Crippen LogP contribution in [0.15, 0.2) is 24.5 Å². The van der Waals surface area contributed by atoms with Crippen molar-refractivity contribution in [2.24, 2.45) is 0 Å². The van der Waals surface area contributed by atoms with Crippen molar-refractivity contribution in [1.82, 2.24) is 9.38 Å². The third-order valence-electron chi connectivity index (χ3n) is 2.08. The lowest BCUT2D eigenvalue weighted by atomic mass is 10.2. The van der Waals surface area contributed by atoms with Gasteiger partial charge in [0.15, 0.2) is 0 Å². The van der Waals surface area contributed by atoms with Crippen LogP contribution in [-0.4, -0.2) is 9.38 Å². The molecular formula is C10H14BrN3. The number of aromatic nitrogens is 2. The zero-order valence-corrected chi connectivity index (χ0v) is 9.98. The molecule has 0 fully saturated rings. The number of imidazole rings is 1. The van der Waals surface area contributed by atoms with Gasteiger partial charge in [0.1, 0.15) is 5.65 Å². The van der Waals surface area contributed by atoms with Gasteiger partial charge in [-0.15, -0.1) is 17.0 Å². The molecule has 0 radical (unpaired) electrons. The zero-order chi connectivity index (χ0) is 9.42. The number of nitrogens with zero attached hydrogens (tertiary/aromatic N) is 2. The minimum atomic E-state index is 0. The molecule has 0 aliphatic carbocycles. The van der Waals surface area contributed by atoms with E-state index in [0.717, 1.165) is 17.0 Å². The summed E-state index contributed by atoms with van der Waals surface area (Å²) in [6, 6.07) is 3.80. The maximum Gasteiger partial charge on any atom is 0.137 e. The zero-order valence-electron chi connectivity index (χ0n) is 8.27. The summed E-state index contributed by atoms with van der Waals surface area (Å²) in [4.78, 5) is 4.46. The summed E-state index contributed by atoms with van der Waals surface area (Å²) in [6.07, 6.45) is 3.91. The second kappa shape index (κ2) is 4.00. The summed E-state index contributed by atoms with van der Waals surface area (Å²) in [6.45, 7) is 4.26. The molecule has 76 valence electrons. The largest absolute Gasteiger partial charge is 0.398 e. The molecule has 2 N–H and O–H groups in total. The minimum Gasteiger partial charge on any atom is -0.398 e. The van der Waals surface area contributed by atoms with Gasteiger partial charge in [0.25, 0.3) is 0 Å². The Morgan fingerprint density at radius 1 is 1.29 bits per heavy atom. The lowest BCUT2D eigenvalue weighted by Crippen LogP contribution is -1.88. The fourth-order valence-electron chi connectivity index (χ4n) is 1.31. The number of fused-ring (bicyclic) bond motifs is 1. The minimum absolute atomic E-state index is 0. The van der Waals surface area contributed by atoms with Gasteiger partial charge in [-0.3, -0.25) is 0 Å². The van der Waals surface area contributed by atoms with Gasteiger partial charge in [-0.2, -0.15) is 0 Å². The van der Waals surface area contributed by atoms with Crippen LogP contribution in [0.3, 0.4) is 0 Å². The highest BCUT2D eigenvalue weighted by molar-refractivity contribution is 8.93. The van der Waals surface area contributed by atoms with Crippen molar-refractivity contribution in [2.75, 3.05) is 5.73 Å². The van der Waals surface area contributed by atoms with E-state index in [4.69, 9.17) is 5.73 Å². The third kappa shape index (κ3) is 1.90.